The van der Waals surface area contributed by atoms with Gasteiger partial charge < -0.3 is 10.4 Å². The molecular formula is C13H14N2O3S. The molecule has 0 amide bonds. The van der Waals surface area contributed by atoms with E-state index in [0.717, 1.165) is 11.8 Å². The number of anilines is 1. The second-order valence-electron chi connectivity index (χ2n) is 4.14. The third-order valence-electron chi connectivity index (χ3n) is 2.57. The van der Waals surface area contributed by atoms with Crippen LogP contribution in [0, 0.1) is 0 Å². The molecule has 1 aromatic heterocycles. The molecule has 2 N–H and O–H groups in total. The van der Waals surface area contributed by atoms with E-state index in [-0.39, 0.29) is 10.6 Å². The minimum absolute atomic E-state index is 0.175. The average Bonchev–Trinajstić information content (AvgIpc) is 2.37. The van der Waals surface area contributed by atoms with E-state index in [0.29, 0.717) is 12.4 Å². The van der Waals surface area contributed by atoms with Crippen molar-refractivity contribution in [3.63, 3.8) is 0 Å². The standard InChI is InChI=1S/C13H14N2O3S/c1-19(17,18)12-3-2-8-14-13(12)15-9-10-4-6-11(16)7-5-10/h2-8,16H,9H2,1H3,(H,14,15). The number of nitrogens with zero attached hydrogens (tertiary/aromatic N) is 1. The van der Waals surface area contributed by atoms with Gasteiger partial charge in [0, 0.05) is 19.0 Å². The van der Waals surface area contributed by atoms with Crippen molar-refractivity contribution in [3.8, 4) is 5.75 Å². The van der Waals surface area contributed by atoms with Crippen LogP contribution in [0.1, 0.15) is 5.56 Å². The summed E-state index contributed by atoms with van der Waals surface area (Å²) in [6, 6.07) is 9.76. The zero-order chi connectivity index (χ0) is 13.9. The smallest absolute Gasteiger partial charge is 0.179 e. The Morgan fingerprint density at radius 2 is 1.89 bits per heavy atom. The van der Waals surface area contributed by atoms with Crippen LogP contribution in [-0.4, -0.2) is 24.8 Å². The van der Waals surface area contributed by atoms with E-state index in [4.69, 9.17) is 0 Å². The fourth-order valence-electron chi connectivity index (χ4n) is 1.62. The molecule has 19 heavy (non-hydrogen) atoms. The van der Waals surface area contributed by atoms with Crippen LogP contribution in [0.25, 0.3) is 0 Å². The van der Waals surface area contributed by atoms with Crippen molar-refractivity contribution in [1.82, 2.24) is 4.98 Å². The SMILES string of the molecule is CS(=O)(=O)c1cccnc1NCc1ccc(O)cc1. The first-order valence-electron chi connectivity index (χ1n) is 5.63. The Bertz CT molecular complexity index is 667. The summed E-state index contributed by atoms with van der Waals surface area (Å²) in [4.78, 5) is 4.21. The summed E-state index contributed by atoms with van der Waals surface area (Å²) in [6.45, 7) is 0.430. The van der Waals surface area contributed by atoms with Gasteiger partial charge in [-0.25, -0.2) is 13.4 Å². The maximum atomic E-state index is 11.6. The lowest BCUT2D eigenvalue weighted by Gasteiger charge is -2.09. The van der Waals surface area contributed by atoms with Gasteiger partial charge in [-0.1, -0.05) is 12.1 Å². The number of hydrogen-bond donors (Lipinski definition) is 2. The highest BCUT2D eigenvalue weighted by Gasteiger charge is 2.13. The summed E-state index contributed by atoms with van der Waals surface area (Å²) < 4.78 is 23.2. The number of aromatic nitrogens is 1. The largest absolute Gasteiger partial charge is 0.508 e. The number of pyridine rings is 1. The van der Waals surface area contributed by atoms with Crippen LogP contribution in [0.3, 0.4) is 0 Å². The summed E-state index contributed by atoms with van der Waals surface area (Å²) >= 11 is 0. The number of hydrogen-bond acceptors (Lipinski definition) is 5. The molecule has 0 spiro atoms. The molecule has 0 fully saturated rings. The van der Waals surface area contributed by atoms with Crippen molar-refractivity contribution in [2.45, 2.75) is 11.4 Å². The molecule has 2 aromatic rings. The van der Waals surface area contributed by atoms with E-state index < -0.39 is 9.84 Å². The fourth-order valence-corrected chi connectivity index (χ4v) is 2.42. The van der Waals surface area contributed by atoms with Crippen molar-refractivity contribution < 1.29 is 13.5 Å². The van der Waals surface area contributed by atoms with Gasteiger partial charge in [0.15, 0.2) is 9.84 Å². The van der Waals surface area contributed by atoms with Crippen LogP contribution >= 0.6 is 0 Å². The number of nitrogens with one attached hydrogen (secondary N) is 1. The topological polar surface area (TPSA) is 79.3 Å². The lowest BCUT2D eigenvalue weighted by Crippen LogP contribution is -2.07. The predicted molar refractivity (Wildman–Crippen MR) is 72.8 cm³/mol. The third-order valence-corrected chi connectivity index (χ3v) is 3.69. The molecule has 0 unspecified atom stereocenters. The van der Waals surface area contributed by atoms with Gasteiger partial charge in [0.2, 0.25) is 0 Å². The van der Waals surface area contributed by atoms with Crippen LogP contribution < -0.4 is 5.32 Å². The Balaban J connectivity index is 2.18. The Hall–Kier alpha value is -2.08. The molecular weight excluding hydrogens is 264 g/mol. The normalized spacial score (nSPS) is 11.2. The Morgan fingerprint density at radius 3 is 2.53 bits per heavy atom. The van der Waals surface area contributed by atoms with E-state index in [9.17, 15) is 13.5 Å². The highest BCUT2D eigenvalue weighted by molar-refractivity contribution is 7.90. The second kappa shape index (κ2) is 5.27. The number of rotatable bonds is 4. The van der Waals surface area contributed by atoms with E-state index in [1.165, 1.54) is 12.3 Å². The number of phenols is 1. The molecule has 6 heteroatoms. The lowest BCUT2D eigenvalue weighted by molar-refractivity contribution is 0.475. The molecule has 0 radical (unpaired) electrons. The Morgan fingerprint density at radius 1 is 1.21 bits per heavy atom. The minimum Gasteiger partial charge on any atom is -0.508 e. The predicted octanol–water partition coefficient (Wildman–Crippen LogP) is 1.80. The first-order chi connectivity index (χ1) is 8.97. The van der Waals surface area contributed by atoms with Crippen LogP contribution in [0.4, 0.5) is 5.82 Å². The monoisotopic (exact) mass is 278 g/mol. The second-order valence-corrected chi connectivity index (χ2v) is 6.13. The van der Waals surface area contributed by atoms with Crippen molar-refractivity contribution in [2.24, 2.45) is 0 Å². The maximum Gasteiger partial charge on any atom is 0.179 e. The van der Waals surface area contributed by atoms with Gasteiger partial charge in [0.1, 0.15) is 16.5 Å². The zero-order valence-electron chi connectivity index (χ0n) is 10.4. The number of sulfone groups is 1. The van der Waals surface area contributed by atoms with Crippen LogP contribution in [0.2, 0.25) is 0 Å². The molecule has 5 nitrogen and oxygen atoms in total. The van der Waals surface area contributed by atoms with Gasteiger partial charge >= 0.3 is 0 Å². The molecule has 0 aliphatic rings. The Labute approximate surface area is 111 Å². The molecule has 1 aromatic carbocycles. The third kappa shape index (κ3) is 3.45. The average molecular weight is 278 g/mol. The van der Waals surface area contributed by atoms with Crippen LogP contribution in [0.15, 0.2) is 47.5 Å². The molecule has 2 rings (SSSR count). The van der Waals surface area contributed by atoms with Gasteiger partial charge in [0.25, 0.3) is 0 Å². The van der Waals surface area contributed by atoms with Gasteiger partial charge in [-0.3, -0.25) is 0 Å². The minimum atomic E-state index is -3.31. The first kappa shape index (κ1) is 13.4. The molecule has 0 bridgehead atoms. The highest BCUT2D eigenvalue weighted by Crippen LogP contribution is 2.19. The van der Waals surface area contributed by atoms with Gasteiger partial charge in [-0.05, 0) is 29.8 Å². The van der Waals surface area contributed by atoms with Crippen LogP contribution in [-0.2, 0) is 16.4 Å². The highest BCUT2D eigenvalue weighted by atomic mass is 32.2. The van der Waals surface area contributed by atoms with E-state index in [1.807, 2.05) is 0 Å². The number of aromatic hydroxyl groups is 1. The van der Waals surface area contributed by atoms with E-state index in [2.05, 4.69) is 10.3 Å². The molecule has 0 aliphatic carbocycles. The molecule has 1 heterocycles. The van der Waals surface area contributed by atoms with Gasteiger partial charge in [-0.2, -0.15) is 0 Å². The van der Waals surface area contributed by atoms with E-state index in [1.54, 1.807) is 30.3 Å². The van der Waals surface area contributed by atoms with E-state index >= 15 is 0 Å². The van der Waals surface area contributed by atoms with Crippen molar-refractivity contribution >= 4 is 15.7 Å². The summed E-state index contributed by atoms with van der Waals surface area (Å²) in [5.41, 5.74) is 0.919. The lowest BCUT2D eigenvalue weighted by atomic mass is 10.2. The number of phenolic OH excluding ortho intramolecular Hbond substituents is 1. The zero-order valence-corrected chi connectivity index (χ0v) is 11.2. The molecule has 0 saturated carbocycles. The van der Waals surface area contributed by atoms with Crippen molar-refractivity contribution in [1.29, 1.82) is 0 Å². The molecule has 0 atom stereocenters. The summed E-state index contributed by atoms with van der Waals surface area (Å²) in [6.07, 6.45) is 2.68. The van der Waals surface area contributed by atoms with Crippen LogP contribution in [0.5, 0.6) is 5.75 Å². The summed E-state index contributed by atoms with van der Waals surface area (Å²) in [5.74, 6) is 0.525. The van der Waals surface area contributed by atoms with Crippen molar-refractivity contribution in [3.05, 3.63) is 48.2 Å². The molecule has 0 aliphatic heterocycles. The summed E-state index contributed by atoms with van der Waals surface area (Å²) in [5, 5.41) is 12.2. The van der Waals surface area contributed by atoms with Gasteiger partial charge in [-0.15, -0.1) is 0 Å². The molecule has 100 valence electrons. The Kier molecular flexibility index (Phi) is 3.71. The van der Waals surface area contributed by atoms with Gasteiger partial charge in [0.05, 0.1) is 0 Å². The molecule has 0 saturated heterocycles. The summed E-state index contributed by atoms with van der Waals surface area (Å²) in [7, 11) is -3.31. The number of benzene rings is 1. The maximum absolute atomic E-state index is 11.6. The quantitative estimate of drug-likeness (QED) is 0.891. The van der Waals surface area contributed by atoms with Crippen molar-refractivity contribution in [2.75, 3.05) is 11.6 Å². The fraction of sp³-hybridized carbons (Fsp3) is 0.154. The first-order valence-corrected chi connectivity index (χ1v) is 7.53.